The molecule has 0 saturated carbocycles. The Kier molecular flexibility index (Phi) is 9.08. The van der Waals surface area contributed by atoms with E-state index in [-0.39, 0.29) is 33.0 Å². The fraction of sp³-hybridized carbons (Fsp3) is 0.143. The van der Waals surface area contributed by atoms with Crippen LogP contribution in [0.5, 0.6) is 11.5 Å². The Morgan fingerprint density at radius 2 is 0.944 bits per heavy atom. The standard InChI is InChI=1S/C84H72N4O/c1-82(2,3)66-41-42-85-80(52-66)88-76-36-23-22-35-72(76)73-39-38-71(54-78(73)88)89-70-34-24-33-69(53-70)86-55-87(77-40-37-60(50-79(77)86)63-46-67(83(4,5)6)51-68(47-63)84(7,8)9)81-74(59-31-20-13-21-32-59)48-64(58-29-18-12-19-30-58)49-75(81)65-44-61(56-25-14-10-15-26-56)43-62(45-65)57-27-16-11-17-28-57/h10-54H,1-9H3/i10D,11D,12D,13D,14D,15D,16D,17D,18D,19D,20D,21D,25D,26D,27D,28D,29D,30D,31D,32D,43D,44D,45D. The lowest BCUT2D eigenvalue weighted by atomic mass is 9.79. The van der Waals surface area contributed by atoms with Crippen molar-refractivity contribution in [3.63, 3.8) is 0 Å². The molecular weight excluding hydrogens is 1080 g/mol. The highest BCUT2D eigenvalue weighted by atomic mass is 16.5. The van der Waals surface area contributed by atoms with E-state index in [1.54, 1.807) is 41.1 Å². The molecule has 11 aromatic carbocycles. The molecule has 0 atom stereocenters. The minimum atomic E-state index is -1.01. The molecule has 0 aliphatic heterocycles. The van der Waals surface area contributed by atoms with Gasteiger partial charge in [0.2, 0.25) is 0 Å². The molecule has 434 valence electrons. The van der Waals surface area contributed by atoms with Crippen molar-refractivity contribution in [1.82, 2.24) is 14.1 Å². The Labute approximate surface area is 555 Å². The van der Waals surface area contributed by atoms with Gasteiger partial charge < -0.3 is 4.74 Å². The van der Waals surface area contributed by atoms with Gasteiger partial charge in [0, 0.05) is 23.0 Å². The Hall–Kier alpha value is -10.4. The summed E-state index contributed by atoms with van der Waals surface area (Å²) in [6.07, 6.45) is 5.30. The molecule has 0 aliphatic carbocycles. The summed E-state index contributed by atoms with van der Waals surface area (Å²) in [7, 11) is 0. The van der Waals surface area contributed by atoms with Crippen LogP contribution in [-0.2, 0) is 16.2 Å². The first-order valence-electron chi connectivity index (χ1n) is 40.6. The number of ether oxygens (including phenoxy) is 1. The number of pyridine rings is 1. The van der Waals surface area contributed by atoms with E-state index in [0.717, 1.165) is 44.1 Å². The molecule has 3 aromatic heterocycles. The van der Waals surface area contributed by atoms with Gasteiger partial charge in [-0.15, -0.1) is 0 Å². The summed E-state index contributed by atoms with van der Waals surface area (Å²) in [5, 5.41) is 1.91. The van der Waals surface area contributed by atoms with Crippen molar-refractivity contribution >= 4 is 32.8 Å². The Morgan fingerprint density at radius 1 is 0.404 bits per heavy atom. The molecular formula is C84H72N4O. The van der Waals surface area contributed by atoms with Crippen molar-refractivity contribution in [2.45, 2.75) is 78.6 Å². The van der Waals surface area contributed by atoms with E-state index in [0.29, 0.717) is 34.1 Å². The Balaban J connectivity index is 1.15. The van der Waals surface area contributed by atoms with Crippen LogP contribution in [0, 0.1) is 6.33 Å². The normalized spacial score (nSPS) is 15.7. The lowest BCUT2D eigenvalue weighted by molar-refractivity contribution is -0.571. The number of nitrogens with zero attached hydrogens (tertiary/aromatic N) is 4. The van der Waals surface area contributed by atoms with Crippen molar-refractivity contribution < 1.29 is 40.8 Å². The second-order valence-electron chi connectivity index (χ2n) is 25.0. The monoisotopic (exact) mass is 1180 g/mol. The van der Waals surface area contributed by atoms with E-state index >= 15 is 0 Å². The van der Waals surface area contributed by atoms with Gasteiger partial charge in [-0.25, -0.2) is 4.98 Å². The molecule has 0 bridgehead atoms. The van der Waals surface area contributed by atoms with Crippen LogP contribution in [0.4, 0.5) is 0 Å². The van der Waals surface area contributed by atoms with Gasteiger partial charge in [-0.2, -0.15) is 0 Å². The molecule has 0 radical (unpaired) electrons. The molecule has 89 heavy (non-hydrogen) atoms. The zero-order valence-electron chi connectivity index (χ0n) is 73.4. The first-order chi connectivity index (χ1) is 52.5. The first-order valence-corrected chi connectivity index (χ1v) is 29.1. The maximum absolute atomic E-state index is 10.6. The van der Waals surface area contributed by atoms with Crippen LogP contribution >= 0.6 is 0 Å². The number of aromatic nitrogens is 4. The zero-order valence-corrected chi connectivity index (χ0v) is 50.4. The highest BCUT2D eigenvalue weighted by molar-refractivity contribution is 6.09. The molecule has 0 fully saturated rings. The van der Waals surface area contributed by atoms with Gasteiger partial charge in [0.25, 0.3) is 6.33 Å². The number of rotatable bonds is 11. The van der Waals surface area contributed by atoms with Crippen LogP contribution in [0.2, 0.25) is 0 Å². The predicted molar refractivity (Wildman–Crippen MR) is 371 cm³/mol. The molecule has 0 spiro atoms. The molecule has 0 N–H and O–H groups in total. The van der Waals surface area contributed by atoms with Crippen molar-refractivity contribution in [2.24, 2.45) is 0 Å². The van der Waals surface area contributed by atoms with Crippen LogP contribution in [0.1, 0.15) is 111 Å². The number of hydrogen-bond acceptors (Lipinski definition) is 2. The topological polar surface area (TPSA) is 35.9 Å². The zero-order chi connectivity index (χ0) is 81.2. The molecule has 3 heterocycles. The largest absolute Gasteiger partial charge is 0.458 e. The first kappa shape index (κ1) is 36.1. The Morgan fingerprint density at radius 3 is 1.56 bits per heavy atom. The van der Waals surface area contributed by atoms with E-state index in [1.165, 1.54) is 16.7 Å². The maximum Gasteiger partial charge on any atom is 0.269 e. The number of hydrogen-bond donors (Lipinski definition) is 0. The average Bonchev–Trinajstić information content (AvgIpc) is 1.17. The SMILES string of the molecule is [2H]c1c([2H])c([2H])c(-c2cc(-c3c([2H])c([2H])c([2H])c([2H])c3[2H])c(-[n+]3[c-]n(-c4cccc(Oc5ccc6c7ccccc7n(-c7cc(C(C)(C)C)ccn7)c6c5)c4)c4cc(-c5cc(C(C)(C)C)cc(C(C)(C)C)c5)ccc43)c(-c3c([2H])c(-c4c([2H])c([2H])c([2H])c([2H])c4[2H])c([2H])c(-c4c([2H])c([2H])c([2H])c([2H])c4[2H])c3[2H])c2)c([2H])c1[2H]. The summed E-state index contributed by atoms with van der Waals surface area (Å²) in [5.41, 5.74) is -0.453. The predicted octanol–water partition coefficient (Wildman–Crippen LogP) is 21.9. The number of fused-ring (bicyclic) bond motifs is 4. The Bertz CT molecular complexity index is 6170. The molecule has 14 aromatic rings. The fourth-order valence-corrected chi connectivity index (χ4v) is 11.2. The molecule has 0 unspecified atom stereocenters. The third kappa shape index (κ3) is 11.0. The van der Waals surface area contributed by atoms with Gasteiger partial charge in [-0.05, 0) is 185 Å². The highest BCUT2D eigenvalue weighted by Gasteiger charge is 2.26. The molecule has 0 aliphatic rings. The fourth-order valence-electron chi connectivity index (χ4n) is 11.2. The van der Waals surface area contributed by atoms with E-state index in [2.05, 4.69) is 97.5 Å². The minimum Gasteiger partial charge on any atom is -0.458 e. The quantitative estimate of drug-likeness (QED) is 0.0956. The van der Waals surface area contributed by atoms with Gasteiger partial charge in [0.1, 0.15) is 17.3 Å². The van der Waals surface area contributed by atoms with Gasteiger partial charge in [0.15, 0.2) is 0 Å². The lowest BCUT2D eigenvalue weighted by Gasteiger charge is -2.26. The summed E-state index contributed by atoms with van der Waals surface area (Å²) >= 11 is 0. The van der Waals surface area contributed by atoms with Crippen LogP contribution < -0.4 is 9.30 Å². The van der Waals surface area contributed by atoms with Crippen LogP contribution in [-0.4, -0.2) is 14.1 Å². The van der Waals surface area contributed by atoms with Gasteiger partial charge >= 0.3 is 0 Å². The summed E-state index contributed by atoms with van der Waals surface area (Å²) in [4.78, 5) is 4.88. The third-order valence-electron chi connectivity index (χ3n) is 15.9. The van der Waals surface area contributed by atoms with E-state index in [4.69, 9.17) is 23.4 Å². The molecule has 5 nitrogen and oxygen atoms in total. The van der Waals surface area contributed by atoms with E-state index in [9.17, 15) is 17.8 Å². The van der Waals surface area contributed by atoms with Crippen molar-refractivity contribution in [3.05, 3.63) is 296 Å². The van der Waals surface area contributed by atoms with Crippen LogP contribution in [0.3, 0.4) is 0 Å². The minimum absolute atomic E-state index is 0.192. The van der Waals surface area contributed by atoms with Crippen LogP contribution in [0.25, 0.3) is 117 Å². The van der Waals surface area contributed by atoms with Crippen LogP contribution in [0.15, 0.2) is 273 Å². The molecule has 5 heteroatoms. The van der Waals surface area contributed by atoms with Crippen molar-refractivity contribution in [1.29, 1.82) is 0 Å². The maximum atomic E-state index is 10.6. The number of para-hydroxylation sites is 1. The van der Waals surface area contributed by atoms with Gasteiger partial charge in [0.05, 0.1) is 65.0 Å². The summed E-state index contributed by atoms with van der Waals surface area (Å²) in [5.74, 6) is 1.44. The highest BCUT2D eigenvalue weighted by Crippen LogP contribution is 2.44. The third-order valence-corrected chi connectivity index (χ3v) is 15.9. The molecule has 14 rings (SSSR count). The molecule has 0 saturated heterocycles. The smallest absolute Gasteiger partial charge is 0.269 e. The van der Waals surface area contributed by atoms with E-state index < -0.39 is 189 Å². The summed E-state index contributed by atoms with van der Waals surface area (Å²) in [6.45, 7) is 19.1. The average molecular weight is 1180 g/mol. The van der Waals surface area contributed by atoms with Crippen molar-refractivity contribution in [2.75, 3.05) is 0 Å². The second kappa shape index (κ2) is 22.4. The molecule has 0 amide bonds. The second-order valence-corrected chi connectivity index (χ2v) is 25.0. The van der Waals surface area contributed by atoms with E-state index in [1.807, 2.05) is 60.7 Å². The van der Waals surface area contributed by atoms with Crippen molar-refractivity contribution in [3.8, 4) is 95.5 Å². The summed E-state index contributed by atoms with van der Waals surface area (Å²) < 4.78 is 227. The number of benzene rings is 11. The summed E-state index contributed by atoms with van der Waals surface area (Å²) in [6, 6.07) is 18.4. The lowest BCUT2D eigenvalue weighted by Crippen LogP contribution is -2.31. The van der Waals surface area contributed by atoms with Gasteiger partial charge in [-0.1, -0.05) is 238 Å². The van der Waals surface area contributed by atoms with Gasteiger partial charge in [-0.3, -0.25) is 13.7 Å². The number of imidazole rings is 1.